The smallest absolute Gasteiger partial charge is 0.333 e. The number of carbonyl (C=O) groups excluding carboxylic acids is 2. The number of aryl methyl sites for hydroxylation is 2. The van der Waals surface area contributed by atoms with Gasteiger partial charge in [-0.25, -0.2) is 19.6 Å². The van der Waals surface area contributed by atoms with Crippen LogP contribution in [-0.4, -0.2) is 57.5 Å². The first kappa shape index (κ1) is 39.6. The first-order chi connectivity index (χ1) is 29.3. The Kier molecular flexibility index (Phi) is 11.7. The third-order valence-corrected chi connectivity index (χ3v) is 11.0. The molecule has 60 heavy (non-hydrogen) atoms. The molecule has 2 aliphatic rings. The Bertz CT molecular complexity index is 2350. The standard InChI is InChI=1S/C50H46N6O4/c1-55-35-39-17-9-11-19-43(39)49(41-27-31-51-32-28-41,53-45(55)23-21-37-13-5-3-6-14-37)59-47(57)25-26-48(58)60-50(42-29-33-52-34-30-42)44-20-12-10-18-40(44)36-56(2)46(54-50)24-22-38-15-7-4-8-16-38/h3-20,25-34H,21-24,35-36H2,1-2H3/b26-25+. The molecule has 2 aliphatic heterocycles. The molecule has 10 heteroatoms. The van der Waals surface area contributed by atoms with Crippen LogP contribution in [0.15, 0.2) is 180 Å². The van der Waals surface area contributed by atoms with Crippen molar-refractivity contribution in [1.29, 1.82) is 0 Å². The van der Waals surface area contributed by atoms with Crippen LogP contribution in [0.4, 0.5) is 0 Å². The fourth-order valence-corrected chi connectivity index (χ4v) is 7.99. The van der Waals surface area contributed by atoms with Gasteiger partial charge < -0.3 is 19.3 Å². The number of aliphatic imine (C=N–C) groups is 2. The first-order valence-electron chi connectivity index (χ1n) is 20.1. The molecule has 0 fully saturated rings. The molecule has 300 valence electrons. The van der Waals surface area contributed by atoms with Crippen molar-refractivity contribution in [2.45, 2.75) is 50.2 Å². The van der Waals surface area contributed by atoms with Crippen LogP contribution in [0.5, 0.6) is 0 Å². The summed E-state index contributed by atoms with van der Waals surface area (Å²) in [7, 11) is 4.00. The second kappa shape index (κ2) is 17.7. The number of fused-ring (bicyclic) bond motifs is 2. The van der Waals surface area contributed by atoms with Gasteiger partial charge in [0.05, 0.1) is 0 Å². The Hall–Kier alpha value is -7.20. The number of pyridine rings is 2. The highest BCUT2D eigenvalue weighted by Gasteiger charge is 2.44. The van der Waals surface area contributed by atoms with Crippen molar-refractivity contribution in [3.05, 3.63) is 215 Å². The van der Waals surface area contributed by atoms with Crippen LogP contribution in [0.1, 0.15) is 57.3 Å². The van der Waals surface area contributed by atoms with Crippen LogP contribution in [-0.2, 0) is 56.4 Å². The quantitative estimate of drug-likeness (QED) is 0.0902. The third-order valence-electron chi connectivity index (χ3n) is 11.0. The maximum Gasteiger partial charge on any atom is 0.333 e. The van der Waals surface area contributed by atoms with Gasteiger partial charge in [-0.1, -0.05) is 109 Å². The van der Waals surface area contributed by atoms with Gasteiger partial charge in [0.15, 0.2) is 0 Å². The molecule has 8 rings (SSSR count). The number of aromatic nitrogens is 2. The normalized spacial score (nSPS) is 18.6. The molecule has 4 heterocycles. The van der Waals surface area contributed by atoms with Gasteiger partial charge >= 0.3 is 11.9 Å². The first-order valence-corrected chi connectivity index (χ1v) is 20.1. The van der Waals surface area contributed by atoms with Crippen molar-refractivity contribution in [2.24, 2.45) is 9.98 Å². The number of ether oxygens (including phenoxy) is 2. The Morgan fingerprint density at radius 2 is 0.883 bits per heavy atom. The lowest BCUT2D eigenvalue weighted by atomic mass is 9.91. The van der Waals surface area contributed by atoms with Crippen LogP contribution in [0.3, 0.4) is 0 Å². The predicted octanol–water partition coefficient (Wildman–Crippen LogP) is 8.18. The molecule has 2 unspecified atom stereocenters. The molecular formula is C50H46N6O4. The highest BCUT2D eigenvalue weighted by atomic mass is 16.6. The largest absolute Gasteiger partial charge is 0.425 e. The Morgan fingerprint density at radius 1 is 0.517 bits per heavy atom. The Morgan fingerprint density at radius 3 is 1.28 bits per heavy atom. The predicted molar refractivity (Wildman–Crippen MR) is 232 cm³/mol. The Labute approximate surface area is 350 Å². The molecule has 2 atom stereocenters. The van der Waals surface area contributed by atoms with E-state index in [1.54, 1.807) is 49.1 Å². The Balaban J connectivity index is 1.15. The third kappa shape index (κ3) is 8.49. The van der Waals surface area contributed by atoms with Crippen molar-refractivity contribution in [2.75, 3.05) is 14.1 Å². The average molecular weight is 795 g/mol. The van der Waals surface area contributed by atoms with E-state index < -0.39 is 23.4 Å². The van der Waals surface area contributed by atoms with Crippen LogP contribution in [0, 0.1) is 0 Å². The average Bonchev–Trinajstić information content (AvgIpc) is 3.49. The second-order valence-corrected chi connectivity index (χ2v) is 15.0. The molecule has 0 saturated heterocycles. The van der Waals surface area contributed by atoms with E-state index in [9.17, 15) is 9.59 Å². The van der Waals surface area contributed by atoms with Gasteiger partial charge in [-0.2, -0.15) is 0 Å². The number of hydrogen-bond acceptors (Lipinski definition) is 10. The molecule has 0 N–H and O–H groups in total. The lowest BCUT2D eigenvalue weighted by Crippen LogP contribution is -2.35. The van der Waals surface area contributed by atoms with E-state index in [1.807, 2.05) is 99.0 Å². The molecule has 0 spiro atoms. The molecule has 0 amide bonds. The summed E-state index contributed by atoms with van der Waals surface area (Å²) < 4.78 is 13.0. The van der Waals surface area contributed by atoms with Gasteiger partial charge in [0.2, 0.25) is 0 Å². The number of esters is 2. The van der Waals surface area contributed by atoms with Crippen LogP contribution in [0.25, 0.3) is 0 Å². The summed E-state index contributed by atoms with van der Waals surface area (Å²) in [5.41, 5.74) is 3.75. The van der Waals surface area contributed by atoms with Gasteiger partial charge in [0.1, 0.15) is 11.7 Å². The van der Waals surface area contributed by atoms with Crippen LogP contribution < -0.4 is 0 Å². The minimum atomic E-state index is -1.58. The molecule has 0 saturated carbocycles. The van der Waals surface area contributed by atoms with Crippen molar-refractivity contribution >= 4 is 23.6 Å². The van der Waals surface area contributed by atoms with E-state index >= 15 is 0 Å². The minimum Gasteiger partial charge on any atom is -0.425 e. The maximum atomic E-state index is 14.2. The van der Waals surface area contributed by atoms with Crippen molar-refractivity contribution in [3.63, 3.8) is 0 Å². The zero-order valence-electron chi connectivity index (χ0n) is 33.7. The maximum absolute atomic E-state index is 14.2. The lowest BCUT2D eigenvalue weighted by molar-refractivity contribution is -0.152. The molecular weight excluding hydrogens is 749 g/mol. The summed E-state index contributed by atoms with van der Waals surface area (Å²) in [5.74, 6) is -0.0267. The number of hydrogen-bond donors (Lipinski definition) is 0. The van der Waals surface area contributed by atoms with E-state index in [0.29, 0.717) is 37.1 Å². The number of amidine groups is 2. The number of rotatable bonds is 12. The SMILES string of the molecule is CN1Cc2ccccc2C(OC(=O)/C=C/C(=O)OC2(c3ccncc3)N=C(CCc3ccccc3)N(C)Cc3ccccc32)(c2ccncc2)N=C1CCc1ccccc1. The number of nitrogens with zero attached hydrogens (tertiary/aromatic N) is 6. The fourth-order valence-electron chi connectivity index (χ4n) is 7.99. The highest BCUT2D eigenvalue weighted by Crippen LogP contribution is 2.42. The molecule has 6 aromatic rings. The highest BCUT2D eigenvalue weighted by molar-refractivity contribution is 5.93. The summed E-state index contributed by atoms with van der Waals surface area (Å²) >= 11 is 0. The van der Waals surface area contributed by atoms with Crippen LogP contribution >= 0.6 is 0 Å². The van der Waals surface area contributed by atoms with Crippen LogP contribution in [0.2, 0.25) is 0 Å². The van der Waals surface area contributed by atoms with E-state index in [-0.39, 0.29) is 0 Å². The van der Waals surface area contributed by atoms with Gasteiger partial charge in [-0.15, -0.1) is 0 Å². The summed E-state index contributed by atoms with van der Waals surface area (Å²) in [6, 6.07) is 43.3. The van der Waals surface area contributed by atoms with Crippen molar-refractivity contribution in [1.82, 2.24) is 19.8 Å². The molecule has 10 nitrogen and oxygen atoms in total. The summed E-state index contributed by atoms with van der Waals surface area (Å²) in [6.07, 6.45) is 11.5. The van der Waals surface area contributed by atoms with Gasteiger partial charge in [0, 0.05) is 99.2 Å². The minimum absolute atomic E-state index is 0.554. The van der Waals surface area contributed by atoms with E-state index in [0.717, 1.165) is 58.9 Å². The van der Waals surface area contributed by atoms with E-state index in [2.05, 4.69) is 44.0 Å². The molecule has 0 aliphatic carbocycles. The monoisotopic (exact) mass is 794 g/mol. The fraction of sp³-hybridized carbons (Fsp3) is 0.200. The van der Waals surface area contributed by atoms with E-state index in [4.69, 9.17) is 19.5 Å². The summed E-state index contributed by atoms with van der Waals surface area (Å²) in [6.45, 7) is 1.11. The second-order valence-electron chi connectivity index (χ2n) is 15.0. The number of benzene rings is 4. The van der Waals surface area contributed by atoms with E-state index in [1.165, 1.54) is 11.1 Å². The summed E-state index contributed by atoms with van der Waals surface area (Å²) in [4.78, 5) is 51.8. The number of carbonyl (C=O) groups is 2. The molecule has 4 aromatic carbocycles. The zero-order chi connectivity index (χ0) is 41.4. The summed E-state index contributed by atoms with van der Waals surface area (Å²) in [5, 5.41) is 0. The topological polar surface area (TPSA) is 110 Å². The molecule has 2 aromatic heterocycles. The molecule has 0 radical (unpaired) electrons. The lowest BCUT2D eigenvalue weighted by Gasteiger charge is -2.31. The van der Waals surface area contributed by atoms with Gasteiger partial charge in [-0.3, -0.25) is 9.97 Å². The van der Waals surface area contributed by atoms with Gasteiger partial charge in [0.25, 0.3) is 11.4 Å². The zero-order valence-corrected chi connectivity index (χ0v) is 33.7. The van der Waals surface area contributed by atoms with Crippen molar-refractivity contribution in [3.8, 4) is 0 Å². The van der Waals surface area contributed by atoms with Gasteiger partial charge in [-0.05, 0) is 59.4 Å². The van der Waals surface area contributed by atoms with Crippen molar-refractivity contribution < 1.29 is 19.1 Å². The molecule has 0 bridgehead atoms.